The molecule has 3 nitrogen and oxygen atoms in total. The summed E-state index contributed by atoms with van der Waals surface area (Å²) in [4.78, 5) is 11.3. The van der Waals surface area contributed by atoms with E-state index in [2.05, 4.69) is 29.8 Å². The number of aromatic carboxylic acids is 1. The first kappa shape index (κ1) is 13.1. The van der Waals surface area contributed by atoms with Crippen molar-refractivity contribution in [2.75, 3.05) is 0 Å². The summed E-state index contributed by atoms with van der Waals surface area (Å²) >= 11 is 3.48. The minimum Gasteiger partial charge on any atom is -0.475 e. The predicted octanol–water partition coefficient (Wildman–Crippen LogP) is 4.40. The maximum atomic E-state index is 11.3. The zero-order chi connectivity index (χ0) is 13.4. The Kier molecular flexibility index (Phi) is 3.48. The van der Waals surface area contributed by atoms with Gasteiger partial charge in [0.2, 0.25) is 5.76 Å². The van der Waals surface area contributed by atoms with E-state index < -0.39 is 5.97 Å². The van der Waals surface area contributed by atoms with Gasteiger partial charge in [-0.3, -0.25) is 0 Å². The van der Waals surface area contributed by atoms with E-state index in [1.807, 2.05) is 19.1 Å². The number of hydrogen-bond donors (Lipinski definition) is 1. The standard InChI is InChI=1S/C14H15BrO3/c1-7(2)6-9-11-10(15)5-4-8(3)12(11)18-13(9)14(16)17/h4-5,7H,6H2,1-3H3,(H,16,17). The van der Waals surface area contributed by atoms with Crippen LogP contribution in [0.1, 0.15) is 35.5 Å². The van der Waals surface area contributed by atoms with Crippen molar-refractivity contribution in [2.24, 2.45) is 5.92 Å². The van der Waals surface area contributed by atoms with Crippen molar-refractivity contribution >= 4 is 32.9 Å². The van der Waals surface area contributed by atoms with Gasteiger partial charge in [0.15, 0.2) is 0 Å². The third kappa shape index (κ3) is 2.17. The van der Waals surface area contributed by atoms with Gasteiger partial charge in [0.25, 0.3) is 0 Å². The molecule has 1 N–H and O–H groups in total. The molecule has 0 bridgehead atoms. The highest BCUT2D eigenvalue weighted by atomic mass is 79.9. The first-order valence-corrected chi connectivity index (χ1v) is 6.65. The molecule has 4 heteroatoms. The third-order valence-electron chi connectivity index (χ3n) is 2.89. The molecular formula is C14H15BrO3. The molecule has 0 amide bonds. The van der Waals surface area contributed by atoms with Gasteiger partial charge in [-0.2, -0.15) is 0 Å². The Morgan fingerprint density at radius 1 is 1.44 bits per heavy atom. The Balaban J connectivity index is 2.80. The highest BCUT2D eigenvalue weighted by Crippen LogP contribution is 2.35. The first-order valence-electron chi connectivity index (χ1n) is 5.85. The zero-order valence-corrected chi connectivity index (χ0v) is 12.2. The van der Waals surface area contributed by atoms with Gasteiger partial charge in [0.1, 0.15) is 5.58 Å². The average molecular weight is 311 g/mol. The highest BCUT2D eigenvalue weighted by Gasteiger charge is 2.23. The molecule has 0 aliphatic heterocycles. The molecule has 2 rings (SSSR count). The van der Waals surface area contributed by atoms with E-state index in [0.717, 1.165) is 21.0 Å². The number of rotatable bonds is 3. The quantitative estimate of drug-likeness (QED) is 0.914. The number of benzene rings is 1. The van der Waals surface area contributed by atoms with E-state index in [0.29, 0.717) is 17.9 Å². The van der Waals surface area contributed by atoms with E-state index in [1.54, 1.807) is 0 Å². The molecule has 1 aromatic carbocycles. The smallest absolute Gasteiger partial charge is 0.372 e. The Morgan fingerprint density at radius 3 is 2.67 bits per heavy atom. The first-order chi connectivity index (χ1) is 8.41. The number of carbonyl (C=O) groups is 1. The number of halogens is 1. The summed E-state index contributed by atoms with van der Waals surface area (Å²) in [5, 5.41) is 10.1. The summed E-state index contributed by atoms with van der Waals surface area (Å²) in [6.07, 6.45) is 0.691. The third-order valence-corrected chi connectivity index (χ3v) is 3.55. The Bertz CT molecular complexity index is 611. The second kappa shape index (κ2) is 4.76. The van der Waals surface area contributed by atoms with E-state index >= 15 is 0 Å². The van der Waals surface area contributed by atoms with Crippen LogP contribution in [0.4, 0.5) is 0 Å². The van der Waals surface area contributed by atoms with Gasteiger partial charge in [0.05, 0.1) is 0 Å². The van der Waals surface area contributed by atoms with Crippen LogP contribution in [-0.4, -0.2) is 11.1 Å². The van der Waals surface area contributed by atoms with Crippen LogP contribution in [-0.2, 0) is 6.42 Å². The van der Waals surface area contributed by atoms with Gasteiger partial charge in [0, 0.05) is 15.4 Å². The van der Waals surface area contributed by atoms with Gasteiger partial charge in [-0.25, -0.2) is 4.79 Å². The van der Waals surface area contributed by atoms with Crippen molar-refractivity contribution < 1.29 is 14.3 Å². The van der Waals surface area contributed by atoms with E-state index in [9.17, 15) is 9.90 Å². The van der Waals surface area contributed by atoms with Gasteiger partial charge in [-0.05, 0) is 30.9 Å². The maximum absolute atomic E-state index is 11.3. The van der Waals surface area contributed by atoms with Gasteiger partial charge in [-0.15, -0.1) is 0 Å². The fourth-order valence-electron chi connectivity index (χ4n) is 2.13. The normalized spacial score (nSPS) is 11.4. The lowest BCUT2D eigenvalue weighted by molar-refractivity contribution is 0.0663. The van der Waals surface area contributed by atoms with E-state index in [-0.39, 0.29) is 5.76 Å². The van der Waals surface area contributed by atoms with Crippen molar-refractivity contribution in [1.82, 2.24) is 0 Å². The Labute approximate surface area is 114 Å². The fourth-order valence-corrected chi connectivity index (χ4v) is 2.68. The minimum absolute atomic E-state index is 0.0636. The van der Waals surface area contributed by atoms with Crippen LogP contribution < -0.4 is 0 Å². The molecule has 0 fully saturated rings. The number of hydrogen-bond acceptors (Lipinski definition) is 2. The largest absolute Gasteiger partial charge is 0.475 e. The van der Waals surface area contributed by atoms with Crippen LogP contribution in [0.3, 0.4) is 0 Å². The summed E-state index contributed by atoms with van der Waals surface area (Å²) in [5.74, 6) is -0.571. The summed E-state index contributed by atoms with van der Waals surface area (Å²) in [5.41, 5.74) is 2.39. The molecule has 2 aromatic rings. The topological polar surface area (TPSA) is 50.4 Å². The second-order valence-corrected chi connectivity index (χ2v) is 5.74. The molecule has 0 saturated carbocycles. The molecule has 0 saturated heterocycles. The molecule has 0 radical (unpaired) electrons. The molecule has 0 spiro atoms. The van der Waals surface area contributed by atoms with Crippen LogP contribution in [0.2, 0.25) is 0 Å². The monoisotopic (exact) mass is 310 g/mol. The number of furan rings is 1. The molecule has 1 heterocycles. The summed E-state index contributed by atoms with van der Waals surface area (Å²) in [6.45, 7) is 6.05. The summed E-state index contributed by atoms with van der Waals surface area (Å²) < 4.78 is 6.43. The van der Waals surface area contributed by atoms with Gasteiger partial charge < -0.3 is 9.52 Å². The number of aryl methyl sites for hydroxylation is 1. The van der Waals surface area contributed by atoms with Crippen molar-refractivity contribution in [3.05, 3.63) is 33.5 Å². The van der Waals surface area contributed by atoms with E-state index in [4.69, 9.17) is 4.42 Å². The highest BCUT2D eigenvalue weighted by molar-refractivity contribution is 9.10. The maximum Gasteiger partial charge on any atom is 0.372 e. The molecule has 0 atom stereocenters. The lowest BCUT2D eigenvalue weighted by atomic mass is 9.99. The van der Waals surface area contributed by atoms with Crippen LogP contribution in [0.25, 0.3) is 11.0 Å². The molecule has 0 aliphatic carbocycles. The lowest BCUT2D eigenvalue weighted by Gasteiger charge is -2.05. The molecule has 0 aliphatic rings. The minimum atomic E-state index is -1.01. The predicted molar refractivity (Wildman–Crippen MR) is 74.2 cm³/mol. The van der Waals surface area contributed by atoms with Crippen LogP contribution in [0.5, 0.6) is 0 Å². The zero-order valence-electron chi connectivity index (χ0n) is 10.6. The number of carboxylic acids is 1. The Hall–Kier alpha value is -1.29. The van der Waals surface area contributed by atoms with Crippen LogP contribution in [0, 0.1) is 12.8 Å². The number of carboxylic acid groups (broad SMARTS) is 1. The van der Waals surface area contributed by atoms with Crippen LogP contribution in [0.15, 0.2) is 21.0 Å². The van der Waals surface area contributed by atoms with Crippen molar-refractivity contribution in [1.29, 1.82) is 0 Å². The number of fused-ring (bicyclic) bond motifs is 1. The summed E-state index contributed by atoms with van der Waals surface area (Å²) in [7, 11) is 0. The van der Waals surface area contributed by atoms with E-state index in [1.165, 1.54) is 0 Å². The molecule has 96 valence electrons. The molecule has 0 unspecified atom stereocenters. The van der Waals surface area contributed by atoms with Crippen LogP contribution >= 0.6 is 15.9 Å². The second-order valence-electron chi connectivity index (χ2n) is 4.88. The molecule has 1 aromatic heterocycles. The SMILES string of the molecule is Cc1ccc(Br)c2c(CC(C)C)c(C(=O)O)oc12. The Morgan fingerprint density at radius 2 is 2.11 bits per heavy atom. The summed E-state index contributed by atoms with van der Waals surface area (Å²) in [6, 6.07) is 3.85. The lowest BCUT2D eigenvalue weighted by Crippen LogP contribution is -2.02. The van der Waals surface area contributed by atoms with Crippen molar-refractivity contribution in [2.45, 2.75) is 27.2 Å². The fraction of sp³-hybridized carbons (Fsp3) is 0.357. The van der Waals surface area contributed by atoms with Gasteiger partial charge in [-0.1, -0.05) is 35.8 Å². The molecule has 18 heavy (non-hydrogen) atoms. The van der Waals surface area contributed by atoms with Gasteiger partial charge >= 0.3 is 5.97 Å². The molecular weight excluding hydrogens is 296 g/mol. The average Bonchev–Trinajstić information content (AvgIpc) is 2.63. The van der Waals surface area contributed by atoms with Crippen molar-refractivity contribution in [3.8, 4) is 0 Å². The van der Waals surface area contributed by atoms with Crippen molar-refractivity contribution in [3.63, 3.8) is 0 Å².